The van der Waals surface area contributed by atoms with Crippen molar-refractivity contribution in [3.63, 3.8) is 0 Å². The van der Waals surface area contributed by atoms with Crippen LogP contribution in [0.1, 0.15) is 26.2 Å². The molecule has 0 aromatic rings. The summed E-state index contributed by atoms with van der Waals surface area (Å²) in [6.45, 7) is 4.59. The maximum Gasteiger partial charge on any atom is 0.101 e. The van der Waals surface area contributed by atoms with E-state index in [1.54, 1.807) is 14.0 Å². The van der Waals surface area contributed by atoms with E-state index in [9.17, 15) is 0 Å². The van der Waals surface area contributed by atoms with Crippen molar-refractivity contribution in [1.29, 1.82) is 5.26 Å². The molecule has 0 aliphatic carbocycles. The highest BCUT2D eigenvalue weighted by Gasteiger charge is 2.16. The van der Waals surface area contributed by atoms with Crippen molar-refractivity contribution in [1.82, 2.24) is 4.90 Å². The van der Waals surface area contributed by atoms with Crippen molar-refractivity contribution in [2.45, 2.75) is 31.7 Å². The molecule has 0 fully saturated rings. The van der Waals surface area contributed by atoms with Gasteiger partial charge in [-0.2, -0.15) is 5.26 Å². The van der Waals surface area contributed by atoms with Gasteiger partial charge in [-0.05, 0) is 39.8 Å². The third-order valence-electron chi connectivity index (χ3n) is 2.38. The lowest BCUT2D eigenvalue weighted by Gasteiger charge is -2.19. The largest absolute Gasteiger partial charge is 0.385 e. The van der Waals surface area contributed by atoms with Gasteiger partial charge in [0.15, 0.2) is 0 Å². The van der Waals surface area contributed by atoms with Gasteiger partial charge in [-0.25, -0.2) is 0 Å². The lowest BCUT2D eigenvalue weighted by atomic mass is 9.99. The smallest absolute Gasteiger partial charge is 0.101 e. The number of ether oxygens (including phenoxy) is 1. The maximum absolute atomic E-state index is 8.73. The van der Waals surface area contributed by atoms with Crippen LogP contribution in [0.4, 0.5) is 0 Å². The molecular formula is C11H23N3O. The van der Waals surface area contributed by atoms with Gasteiger partial charge in [-0.1, -0.05) is 0 Å². The van der Waals surface area contributed by atoms with E-state index in [2.05, 4.69) is 18.0 Å². The fourth-order valence-corrected chi connectivity index (χ4v) is 1.36. The second-order valence-corrected chi connectivity index (χ2v) is 4.28. The molecule has 0 saturated heterocycles. The summed E-state index contributed by atoms with van der Waals surface area (Å²) < 4.78 is 4.98. The number of rotatable bonds is 8. The number of hydrogen-bond acceptors (Lipinski definition) is 4. The second kappa shape index (κ2) is 7.63. The first-order valence-electron chi connectivity index (χ1n) is 5.39. The van der Waals surface area contributed by atoms with Crippen LogP contribution in [0.3, 0.4) is 0 Å². The molecule has 0 spiro atoms. The van der Waals surface area contributed by atoms with Crippen LogP contribution in [0, 0.1) is 11.3 Å². The van der Waals surface area contributed by atoms with E-state index in [-0.39, 0.29) is 0 Å². The normalized spacial score (nSPS) is 14.9. The Morgan fingerprint density at radius 3 is 2.53 bits per heavy atom. The van der Waals surface area contributed by atoms with Gasteiger partial charge in [0, 0.05) is 20.3 Å². The molecule has 0 aliphatic rings. The molecular weight excluding hydrogens is 190 g/mol. The van der Waals surface area contributed by atoms with E-state index in [1.165, 1.54) is 0 Å². The summed E-state index contributed by atoms with van der Waals surface area (Å²) in [5.74, 6) is 0. The first-order valence-corrected chi connectivity index (χ1v) is 5.39. The molecule has 15 heavy (non-hydrogen) atoms. The molecule has 1 unspecified atom stereocenters. The molecule has 0 saturated carbocycles. The molecule has 0 bridgehead atoms. The zero-order valence-electron chi connectivity index (χ0n) is 10.1. The topological polar surface area (TPSA) is 62.3 Å². The van der Waals surface area contributed by atoms with E-state index in [0.29, 0.717) is 0 Å². The van der Waals surface area contributed by atoms with Gasteiger partial charge in [0.25, 0.3) is 0 Å². The maximum atomic E-state index is 8.73. The van der Waals surface area contributed by atoms with Crippen molar-refractivity contribution >= 4 is 0 Å². The van der Waals surface area contributed by atoms with Gasteiger partial charge in [-0.3, -0.25) is 0 Å². The molecule has 2 N–H and O–H groups in total. The van der Waals surface area contributed by atoms with Crippen LogP contribution in [0.2, 0.25) is 0 Å². The monoisotopic (exact) mass is 213 g/mol. The van der Waals surface area contributed by atoms with E-state index >= 15 is 0 Å². The van der Waals surface area contributed by atoms with Crippen LogP contribution in [0.5, 0.6) is 0 Å². The first kappa shape index (κ1) is 14.4. The van der Waals surface area contributed by atoms with Crippen LogP contribution in [-0.2, 0) is 4.74 Å². The van der Waals surface area contributed by atoms with Gasteiger partial charge >= 0.3 is 0 Å². The van der Waals surface area contributed by atoms with Gasteiger partial charge in [-0.15, -0.1) is 0 Å². The summed E-state index contributed by atoms with van der Waals surface area (Å²) in [6, 6.07) is 2.11. The van der Waals surface area contributed by atoms with E-state index in [0.717, 1.165) is 39.0 Å². The SMILES string of the molecule is COCCCN(C)CCCC(C)(N)C#N. The quantitative estimate of drug-likeness (QED) is 0.610. The first-order chi connectivity index (χ1) is 7.02. The van der Waals surface area contributed by atoms with Gasteiger partial charge in [0.2, 0.25) is 0 Å². The average molecular weight is 213 g/mol. The third-order valence-corrected chi connectivity index (χ3v) is 2.38. The van der Waals surface area contributed by atoms with Crippen LogP contribution >= 0.6 is 0 Å². The standard InChI is InChI=1S/C11H23N3O/c1-11(13,10-12)6-4-7-14(2)8-5-9-15-3/h4-9,13H2,1-3H3. The summed E-state index contributed by atoms with van der Waals surface area (Å²) in [5, 5.41) is 8.73. The predicted octanol–water partition coefficient (Wildman–Crippen LogP) is 0.976. The van der Waals surface area contributed by atoms with Gasteiger partial charge in [0.05, 0.1) is 6.07 Å². The molecule has 0 heterocycles. The van der Waals surface area contributed by atoms with Crippen LogP contribution in [0.15, 0.2) is 0 Å². The fraction of sp³-hybridized carbons (Fsp3) is 0.909. The van der Waals surface area contributed by atoms with E-state index < -0.39 is 5.54 Å². The van der Waals surface area contributed by atoms with Crippen LogP contribution < -0.4 is 5.73 Å². The number of hydrogen-bond donors (Lipinski definition) is 1. The second-order valence-electron chi connectivity index (χ2n) is 4.28. The molecule has 1 atom stereocenters. The Labute approximate surface area is 93.0 Å². The Morgan fingerprint density at radius 2 is 2.00 bits per heavy atom. The zero-order valence-corrected chi connectivity index (χ0v) is 10.1. The lowest BCUT2D eigenvalue weighted by molar-refractivity contribution is 0.178. The molecule has 0 aromatic carbocycles. The van der Waals surface area contributed by atoms with Crippen molar-refractivity contribution in [2.75, 3.05) is 33.9 Å². The predicted molar refractivity (Wildman–Crippen MR) is 61.4 cm³/mol. The number of nitrogens with zero attached hydrogens (tertiary/aromatic N) is 2. The number of methoxy groups -OCH3 is 1. The molecule has 4 nitrogen and oxygen atoms in total. The van der Waals surface area contributed by atoms with Crippen molar-refractivity contribution in [2.24, 2.45) is 5.73 Å². The summed E-state index contributed by atoms with van der Waals surface area (Å²) in [4.78, 5) is 2.24. The molecule has 0 amide bonds. The minimum atomic E-state index is -0.673. The minimum Gasteiger partial charge on any atom is -0.385 e. The molecule has 0 rings (SSSR count). The molecule has 0 aliphatic heterocycles. The average Bonchev–Trinajstić information content (AvgIpc) is 2.18. The minimum absolute atomic E-state index is 0.673. The van der Waals surface area contributed by atoms with Crippen molar-refractivity contribution < 1.29 is 4.74 Å². The van der Waals surface area contributed by atoms with Crippen molar-refractivity contribution in [3.8, 4) is 6.07 Å². The summed E-state index contributed by atoms with van der Waals surface area (Å²) in [7, 11) is 3.79. The Kier molecular flexibility index (Phi) is 7.31. The highest BCUT2D eigenvalue weighted by molar-refractivity contribution is 5.00. The Bertz CT molecular complexity index is 198. The lowest BCUT2D eigenvalue weighted by Crippen LogP contribution is -2.35. The molecule has 0 radical (unpaired) electrons. The van der Waals surface area contributed by atoms with Crippen molar-refractivity contribution in [3.05, 3.63) is 0 Å². The summed E-state index contributed by atoms with van der Waals surface area (Å²) >= 11 is 0. The fourth-order valence-electron chi connectivity index (χ4n) is 1.36. The Balaban J connectivity index is 3.47. The highest BCUT2D eigenvalue weighted by atomic mass is 16.5. The number of nitrogens with two attached hydrogens (primary N) is 1. The van der Waals surface area contributed by atoms with E-state index in [1.807, 2.05) is 0 Å². The molecule has 0 aromatic heterocycles. The number of nitriles is 1. The Hall–Kier alpha value is -0.630. The van der Waals surface area contributed by atoms with Gasteiger partial charge in [0.1, 0.15) is 5.54 Å². The molecule has 88 valence electrons. The van der Waals surface area contributed by atoms with E-state index in [4.69, 9.17) is 15.7 Å². The molecule has 4 heteroatoms. The highest BCUT2D eigenvalue weighted by Crippen LogP contribution is 2.07. The zero-order chi connectivity index (χ0) is 11.7. The van der Waals surface area contributed by atoms with Crippen LogP contribution in [0.25, 0.3) is 0 Å². The van der Waals surface area contributed by atoms with Crippen LogP contribution in [-0.4, -0.2) is 44.3 Å². The summed E-state index contributed by atoms with van der Waals surface area (Å²) in [6.07, 6.45) is 2.76. The van der Waals surface area contributed by atoms with Gasteiger partial charge < -0.3 is 15.4 Å². The summed E-state index contributed by atoms with van der Waals surface area (Å²) in [5.41, 5.74) is 5.05. The third kappa shape index (κ3) is 8.37. The Morgan fingerprint density at radius 1 is 1.40 bits per heavy atom.